The van der Waals surface area contributed by atoms with Crippen molar-refractivity contribution >= 4 is 5.97 Å². The first-order chi connectivity index (χ1) is 9.01. The van der Waals surface area contributed by atoms with Crippen molar-refractivity contribution in [3.8, 4) is 11.5 Å². The van der Waals surface area contributed by atoms with Crippen molar-refractivity contribution in [2.75, 3.05) is 20.3 Å². The molecule has 0 heterocycles. The zero-order valence-corrected chi connectivity index (χ0v) is 11.6. The molecule has 0 bridgehead atoms. The van der Waals surface area contributed by atoms with Crippen LogP contribution in [0, 0.1) is 0 Å². The summed E-state index contributed by atoms with van der Waals surface area (Å²) in [6.07, 6.45) is 0.381. The van der Waals surface area contributed by atoms with Gasteiger partial charge in [0.05, 0.1) is 13.2 Å². The number of carboxylic acids is 1. The molecule has 106 valence electrons. The molecule has 0 spiro atoms. The van der Waals surface area contributed by atoms with Crippen LogP contribution in [0.25, 0.3) is 0 Å². The number of rotatable bonds is 8. The Labute approximate surface area is 113 Å². The van der Waals surface area contributed by atoms with E-state index in [1.165, 1.54) is 0 Å². The fraction of sp³-hybridized carbons (Fsp3) is 0.500. The van der Waals surface area contributed by atoms with E-state index >= 15 is 0 Å². The highest BCUT2D eigenvalue weighted by Gasteiger charge is 2.30. The van der Waals surface area contributed by atoms with Crippen LogP contribution in [0.5, 0.6) is 11.5 Å². The number of likely N-dealkylation sites (N-methyl/N-ethyl adjacent to an activating group) is 1. The average Bonchev–Trinajstić information content (AvgIpc) is 2.40. The maximum Gasteiger partial charge on any atom is 0.323 e. The predicted octanol–water partition coefficient (Wildman–Crippen LogP) is 1.92. The second-order valence-electron chi connectivity index (χ2n) is 4.39. The van der Waals surface area contributed by atoms with Crippen LogP contribution in [0.3, 0.4) is 0 Å². The summed E-state index contributed by atoms with van der Waals surface area (Å²) in [5.41, 5.74) is -0.967. The van der Waals surface area contributed by atoms with E-state index in [-0.39, 0.29) is 0 Å². The van der Waals surface area contributed by atoms with Gasteiger partial charge in [0.25, 0.3) is 0 Å². The van der Waals surface area contributed by atoms with Gasteiger partial charge in [0, 0.05) is 6.42 Å². The molecule has 0 saturated heterocycles. The molecule has 0 aromatic heterocycles. The Morgan fingerprint density at radius 1 is 1.26 bits per heavy atom. The summed E-state index contributed by atoms with van der Waals surface area (Å²) in [6, 6.07) is 7.27. The molecular formula is C14H21NO4. The minimum Gasteiger partial charge on any atom is -0.494 e. The van der Waals surface area contributed by atoms with Crippen molar-refractivity contribution in [3.05, 3.63) is 24.3 Å². The third-order valence-electron chi connectivity index (χ3n) is 3.03. The fourth-order valence-electron chi connectivity index (χ4n) is 1.51. The van der Waals surface area contributed by atoms with E-state index in [2.05, 4.69) is 5.32 Å². The van der Waals surface area contributed by atoms with Gasteiger partial charge in [-0.3, -0.25) is 4.79 Å². The first-order valence-electron chi connectivity index (χ1n) is 6.30. The van der Waals surface area contributed by atoms with Crippen LogP contribution < -0.4 is 14.8 Å². The van der Waals surface area contributed by atoms with Crippen LogP contribution in [-0.4, -0.2) is 36.9 Å². The normalized spacial score (nSPS) is 13.6. The van der Waals surface area contributed by atoms with Gasteiger partial charge in [-0.05, 0) is 45.2 Å². The lowest BCUT2D eigenvalue weighted by atomic mass is 9.99. The largest absolute Gasteiger partial charge is 0.494 e. The lowest BCUT2D eigenvalue weighted by molar-refractivity contribution is -0.144. The average molecular weight is 267 g/mol. The number of hydrogen-bond donors (Lipinski definition) is 2. The van der Waals surface area contributed by atoms with Crippen molar-refractivity contribution in [1.82, 2.24) is 5.32 Å². The van der Waals surface area contributed by atoms with Gasteiger partial charge < -0.3 is 19.9 Å². The lowest BCUT2D eigenvalue weighted by Gasteiger charge is -2.23. The van der Waals surface area contributed by atoms with E-state index in [1.54, 1.807) is 14.0 Å². The van der Waals surface area contributed by atoms with E-state index in [1.807, 2.05) is 31.2 Å². The molecule has 1 unspecified atom stereocenters. The molecule has 0 radical (unpaired) electrons. The molecule has 0 amide bonds. The second kappa shape index (κ2) is 6.99. The Hall–Kier alpha value is -1.75. The highest BCUT2D eigenvalue weighted by molar-refractivity contribution is 5.78. The standard InChI is InChI=1S/C14H21NO4/c1-4-18-11-5-7-12(8-6-11)19-10-9-14(2,15-3)13(16)17/h5-8,15H,4,9-10H2,1-3H3,(H,16,17). The van der Waals surface area contributed by atoms with Crippen molar-refractivity contribution in [2.24, 2.45) is 0 Å². The summed E-state index contributed by atoms with van der Waals surface area (Å²) in [4.78, 5) is 11.1. The third kappa shape index (κ3) is 4.44. The van der Waals surface area contributed by atoms with Gasteiger partial charge in [-0.25, -0.2) is 0 Å². The molecular weight excluding hydrogens is 246 g/mol. The van der Waals surface area contributed by atoms with Gasteiger partial charge in [0.1, 0.15) is 17.0 Å². The van der Waals surface area contributed by atoms with Gasteiger partial charge >= 0.3 is 5.97 Å². The Balaban J connectivity index is 2.46. The Kier molecular flexibility index (Phi) is 5.63. The molecule has 1 aromatic carbocycles. The van der Waals surface area contributed by atoms with E-state index in [4.69, 9.17) is 14.6 Å². The van der Waals surface area contributed by atoms with Crippen LogP contribution in [0.15, 0.2) is 24.3 Å². The van der Waals surface area contributed by atoms with Crippen LogP contribution >= 0.6 is 0 Å². The van der Waals surface area contributed by atoms with E-state index in [0.29, 0.717) is 25.4 Å². The summed E-state index contributed by atoms with van der Waals surface area (Å²) >= 11 is 0. The smallest absolute Gasteiger partial charge is 0.323 e. The number of hydrogen-bond acceptors (Lipinski definition) is 4. The Morgan fingerprint density at radius 2 is 1.79 bits per heavy atom. The summed E-state index contributed by atoms with van der Waals surface area (Å²) in [5, 5.41) is 11.9. The van der Waals surface area contributed by atoms with E-state index in [0.717, 1.165) is 5.75 Å². The highest BCUT2D eigenvalue weighted by atomic mass is 16.5. The molecule has 1 rings (SSSR count). The monoisotopic (exact) mass is 267 g/mol. The van der Waals surface area contributed by atoms with Gasteiger partial charge in [-0.2, -0.15) is 0 Å². The summed E-state index contributed by atoms with van der Waals surface area (Å²) in [7, 11) is 1.63. The SMILES string of the molecule is CCOc1ccc(OCCC(C)(NC)C(=O)O)cc1. The maximum atomic E-state index is 11.1. The number of carboxylic acid groups (broad SMARTS) is 1. The summed E-state index contributed by atoms with van der Waals surface area (Å²) in [5.74, 6) is 0.609. The number of benzene rings is 1. The highest BCUT2D eigenvalue weighted by Crippen LogP contribution is 2.18. The van der Waals surface area contributed by atoms with Crippen molar-refractivity contribution in [1.29, 1.82) is 0 Å². The molecule has 2 N–H and O–H groups in total. The first kappa shape index (κ1) is 15.3. The molecule has 0 aliphatic rings. The molecule has 0 aliphatic heterocycles. The molecule has 0 saturated carbocycles. The summed E-state index contributed by atoms with van der Waals surface area (Å²) in [6.45, 7) is 4.52. The Morgan fingerprint density at radius 3 is 2.21 bits per heavy atom. The molecule has 0 aliphatic carbocycles. The van der Waals surface area contributed by atoms with E-state index in [9.17, 15) is 4.79 Å². The van der Waals surface area contributed by atoms with E-state index < -0.39 is 11.5 Å². The van der Waals surface area contributed by atoms with Crippen LogP contribution in [0.4, 0.5) is 0 Å². The second-order valence-corrected chi connectivity index (χ2v) is 4.39. The Bertz CT molecular complexity index is 404. The minimum atomic E-state index is -0.967. The minimum absolute atomic E-state index is 0.331. The topological polar surface area (TPSA) is 67.8 Å². The number of carbonyl (C=O) groups is 1. The van der Waals surface area contributed by atoms with Gasteiger partial charge in [-0.15, -0.1) is 0 Å². The predicted molar refractivity (Wildman–Crippen MR) is 72.8 cm³/mol. The lowest BCUT2D eigenvalue weighted by Crippen LogP contribution is -2.48. The zero-order chi connectivity index (χ0) is 14.3. The number of nitrogens with one attached hydrogen (secondary N) is 1. The zero-order valence-electron chi connectivity index (χ0n) is 11.6. The van der Waals surface area contributed by atoms with Crippen molar-refractivity contribution in [3.63, 3.8) is 0 Å². The molecule has 5 heteroatoms. The summed E-state index contributed by atoms with van der Waals surface area (Å²) < 4.78 is 10.9. The molecule has 19 heavy (non-hydrogen) atoms. The molecule has 1 atom stereocenters. The van der Waals surface area contributed by atoms with Gasteiger partial charge in [0.15, 0.2) is 0 Å². The van der Waals surface area contributed by atoms with Crippen LogP contribution in [0.2, 0.25) is 0 Å². The molecule has 5 nitrogen and oxygen atoms in total. The van der Waals surface area contributed by atoms with Gasteiger partial charge in [0.2, 0.25) is 0 Å². The van der Waals surface area contributed by atoms with Crippen molar-refractivity contribution in [2.45, 2.75) is 25.8 Å². The third-order valence-corrected chi connectivity index (χ3v) is 3.03. The first-order valence-corrected chi connectivity index (χ1v) is 6.30. The maximum absolute atomic E-state index is 11.1. The van der Waals surface area contributed by atoms with Crippen LogP contribution in [0.1, 0.15) is 20.3 Å². The molecule has 1 aromatic rings. The van der Waals surface area contributed by atoms with Crippen molar-refractivity contribution < 1.29 is 19.4 Å². The van der Waals surface area contributed by atoms with Gasteiger partial charge in [-0.1, -0.05) is 0 Å². The fourth-order valence-corrected chi connectivity index (χ4v) is 1.51. The number of aliphatic carboxylic acids is 1. The quantitative estimate of drug-likeness (QED) is 0.753. The number of ether oxygens (including phenoxy) is 2. The van der Waals surface area contributed by atoms with Crippen LogP contribution in [-0.2, 0) is 4.79 Å². The molecule has 0 fully saturated rings.